The van der Waals surface area contributed by atoms with Crippen LogP contribution < -0.4 is 16.6 Å². The van der Waals surface area contributed by atoms with Gasteiger partial charge in [0.25, 0.3) is 11.5 Å². The summed E-state index contributed by atoms with van der Waals surface area (Å²) in [5, 5.41) is 2.85. The van der Waals surface area contributed by atoms with Gasteiger partial charge in [-0.2, -0.15) is 0 Å². The molecule has 0 aromatic carbocycles. The number of aromatic amines is 1. The molecule has 0 spiro atoms. The fourth-order valence-electron chi connectivity index (χ4n) is 2.08. The summed E-state index contributed by atoms with van der Waals surface area (Å²) in [7, 11) is 0. The van der Waals surface area contributed by atoms with Crippen LogP contribution in [0.3, 0.4) is 0 Å². The van der Waals surface area contributed by atoms with Crippen molar-refractivity contribution in [2.75, 3.05) is 36.4 Å². The number of furan rings is 1. The first-order chi connectivity index (χ1) is 11.9. The van der Waals surface area contributed by atoms with Crippen molar-refractivity contribution >= 4 is 45.1 Å². The Morgan fingerprint density at radius 1 is 1.44 bits per heavy atom. The molecule has 136 valence electrons. The summed E-state index contributed by atoms with van der Waals surface area (Å²) in [4.78, 5) is 33.3. The van der Waals surface area contributed by atoms with E-state index in [9.17, 15) is 9.59 Å². The number of thioether (sulfide) groups is 1. The number of H-pyrrole nitrogens is 1. The predicted molar refractivity (Wildman–Crippen MR) is 102 cm³/mol. The standard InChI is InChI=1S/C15H20BrN5O3S/c1-3-21(4-2)7-8-25-15-19-12(17)11(14(23)20-15)18-13(22)9-5-6-10(16)24-9/h5-6H,3-4,7-8H2,1-2H3,(H,18,22)(H3,17,19,20,23). The molecule has 4 N–H and O–H groups in total. The average molecular weight is 430 g/mol. The van der Waals surface area contributed by atoms with Crippen LogP contribution in [0.1, 0.15) is 24.4 Å². The summed E-state index contributed by atoms with van der Waals surface area (Å²) < 4.78 is 5.55. The summed E-state index contributed by atoms with van der Waals surface area (Å²) in [5.74, 6) is 0.221. The minimum atomic E-state index is -0.577. The zero-order valence-corrected chi connectivity index (χ0v) is 16.4. The van der Waals surface area contributed by atoms with Crippen LogP contribution in [0.2, 0.25) is 0 Å². The second-order valence-electron chi connectivity index (χ2n) is 5.06. The maximum Gasteiger partial charge on any atom is 0.291 e. The largest absolute Gasteiger partial charge is 0.444 e. The first-order valence-corrected chi connectivity index (χ1v) is 9.54. The first kappa shape index (κ1) is 19.5. The summed E-state index contributed by atoms with van der Waals surface area (Å²) in [5.41, 5.74) is 5.23. The second-order valence-corrected chi connectivity index (χ2v) is 6.93. The molecule has 0 fully saturated rings. The van der Waals surface area contributed by atoms with E-state index in [0.29, 0.717) is 9.83 Å². The van der Waals surface area contributed by atoms with Crippen molar-refractivity contribution < 1.29 is 9.21 Å². The maximum atomic E-state index is 12.2. The molecular formula is C15H20BrN5O3S. The molecule has 2 rings (SSSR count). The zero-order valence-electron chi connectivity index (χ0n) is 14.0. The minimum absolute atomic E-state index is 0.0342. The minimum Gasteiger partial charge on any atom is -0.444 e. The molecule has 0 saturated heterocycles. The van der Waals surface area contributed by atoms with Crippen molar-refractivity contribution in [2.24, 2.45) is 0 Å². The number of amides is 1. The number of nitrogen functional groups attached to an aromatic ring is 1. The Labute approximate surface area is 157 Å². The quantitative estimate of drug-likeness (QED) is 0.435. The smallest absolute Gasteiger partial charge is 0.291 e. The first-order valence-electron chi connectivity index (χ1n) is 7.76. The van der Waals surface area contributed by atoms with Gasteiger partial charge in [-0.05, 0) is 41.2 Å². The number of nitrogens with one attached hydrogen (secondary N) is 2. The molecule has 0 aliphatic rings. The lowest BCUT2D eigenvalue weighted by Gasteiger charge is -2.17. The van der Waals surface area contributed by atoms with Crippen molar-refractivity contribution in [3.63, 3.8) is 0 Å². The lowest BCUT2D eigenvalue weighted by molar-refractivity contribution is 0.0995. The van der Waals surface area contributed by atoms with Gasteiger partial charge in [0.2, 0.25) is 0 Å². The molecule has 0 radical (unpaired) electrons. The van der Waals surface area contributed by atoms with E-state index in [1.165, 1.54) is 17.8 Å². The third-order valence-electron chi connectivity index (χ3n) is 3.50. The van der Waals surface area contributed by atoms with Crippen LogP contribution in [-0.4, -0.2) is 46.2 Å². The van der Waals surface area contributed by atoms with E-state index in [0.717, 1.165) is 25.4 Å². The Morgan fingerprint density at radius 2 is 2.16 bits per heavy atom. The van der Waals surface area contributed by atoms with Crippen LogP contribution in [0, 0.1) is 0 Å². The second kappa shape index (κ2) is 9.07. The molecule has 0 atom stereocenters. The molecule has 8 nitrogen and oxygen atoms in total. The van der Waals surface area contributed by atoms with E-state index < -0.39 is 11.5 Å². The number of rotatable bonds is 8. The van der Waals surface area contributed by atoms with Crippen molar-refractivity contribution in [1.29, 1.82) is 0 Å². The van der Waals surface area contributed by atoms with E-state index in [1.807, 2.05) is 0 Å². The summed E-state index contributed by atoms with van der Waals surface area (Å²) in [6.45, 7) is 7.02. The van der Waals surface area contributed by atoms with Gasteiger partial charge in [-0.3, -0.25) is 14.6 Å². The van der Waals surface area contributed by atoms with E-state index in [4.69, 9.17) is 10.2 Å². The number of halogens is 1. The molecular weight excluding hydrogens is 410 g/mol. The summed E-state index contributed by atoms with van der Waals surface area (Å²) in [6.07, 6.45) is 0. The Kier molecular flexibility index (Phi) is 7.09. The van der Waals surface area contributed by atoms with Gasteiger partial charge in [-0.1, -0.05) is 25.6 Å². The molecule has 2 aromatic heterocycles. The highest BCUT2D eigenvalue weighted by molar-refractivity contribution is 9.10. The molecule has 1 amide bonds. The molecule has 0 bridgehead atoms. The number of anilines is 2. The fraction of sp³-hybridized carbons (Fsp3) is 0.400. The predicted octanol–water partition coefficient (Wildman–Crippen LogP) is 2.39. The Morgan fingerprint density at radius 3 is 2.72 bits per heavy atom. The zero-order chi connectivity index (χ0) is 18.4. The molecule has 10 heteroatoms. The van der Waals surface area contributed by atoms with Crippen LogP contribution in [0.25, 0.3) is 0 Å². The number of nitrogens with zero attached hydrogens (tertiary/aromatic N) is 2. The summed E-state index contributed by atoms with van der Waals surface area (Å²) >= 11 is 4.52. The van der Waals surface area contributed by atoms with Crippen LogP contribution in [0.5, 0.6) is 0 Å². The lowest BCUT2D eigenvalue weighted by Crippen LogP contribution is -2.26. The van der Waals surface area contributed by atoms with Gasteiger partial charge >= 0.3 is 0 Å². The van der Waals surface area contributed by atoms with Crippen molar-refractivity contribution in [3.8, 4) is 0 Å². The van der Waals surface area contributed by atoms with E-state index in [-0.39, 0.29) is 17.3 Å². The number of aromatic nitrogens is 2. The SMILES string of the molecule is CCN(CC)CCSc1nc(N)c(NC(=O)c2ccc(Br)o2)c(=O)[nH]1. The van der Waals surface area contributed by atoms with Gasteiger partial charge in [0.05, 0.1) is 0 Å². The molecule has 2 aromatic rings. The monoisotopic (exact) mass is 429 g/mol. The van der Waals surface area contributed by atoms with E-state index >= 15 is 0 Å². The van der Waals surface area contributed by atoms with Crippen LogP contribution in [0.15, 0.2) is 31.2 Å². The van der Waals surface area contributed by atoms with Crippen molar-refractivity contribution in [3.05, 3.63) is 32.9 Å². The van der Waals surface area contributed by atoms with Gasteiger partial charge in [-0.15, -0.1) is 0 Å². The Balaban J connectivity index is 2.04. The van der Waals surface area contributed by atoms with Crippen molar-refractivity contribution in [1.82, 2.24) is 14.9 Å². The van der Waals surface area contributed by atoms with Crippen LogP contribution in [-0.2, 0) is 0 Å². The third-order valence-corrected chi connectivity index (χ3v) is 4.78. The highest BCUT2D eigenvalue weighted by Crippen LogP contribution is 2.19. The number of hydrogen-bond acceptors (Lipinski definition) is 7. The third kappa shape index (κ3) is 5.35. The average Bonchev–Trinajstić information content (AvgIpc) is 3.01. The van der Waals surface area contributed by atoms with Gasteiger partial charge in [0.1, 0.15) is 0 Å². The highest BCUT2D eigenvalue weighted by Gasteiger charge is 2.16. The van der Waals surface area contributed by atoms with Gasteiger partial charge in [0.15, 0.2) is 27.1 Å². The highest BCUT2D eigenvalue weighted by atomic mass is 79.9. The number of carbonyl (C=O) groups excluding carboxylic acids is 1. The molecule has 25 heavy (non-hydrogen) atoms. The Hall–Kier alpha value is -1.78. The number of nitrogens with two attached hydrogens (primary N) is 1. The number of carbonyl (C=O) groups is 1. The molecule has 0 saturated carbocycles. The van der Waals surface area contributed by atoms with Crippen molar-refractivity contribution in [2.45, 2.75) is 19.0 Å². The molecule has 0 aliphatic carbocycles. The lowest BCUT2D eigenvalue weighted by atomic mass is 10.4. The maximum absolute atomic E-state index is 12.2. The summed E-state index contributed by atoms with van der Waals surface area (Å²) in [6, 6.07) is 3.06. The number of hydrogen-bond donors (Lipinski definition) is 3. The Bertz CT molecular complexity index is 788. The van der Waals surface area contributed by atoms with Gasteiger partial charge in [-0.25, -0.2) is 4.98 Å². The van der Waals surface area contributed by atoms with E-state index in [1.54, 1.807) is 6.07 Å². The normalized spacial score (nSPS) is 11.0. The van der Waals surface area contributed by atoms with Crippen LogP contribution >= 0.6 is 27.7 Å². The van der Waals surface area contributed by atoms with Gasteiger partial charge in [0, 0.05) is 12.3 Å². The topological polar surface area (TPSA) is 117 Å². The molecule has 0 unspecified atom stereocenters. The van der Waals surface area contributed by atoms with Crippen LogP contribution in [0.4, 0.5) is 11.5 Å². The van der Waals surface area contributed by atoms with E-state index in [2.05, 4.69) is 50.0 Å². The molecule has 2 heterocycles. The van der Waals surface area contributed by atoms with Gasteiger partial charge < -0.3 is 20.4 Å². The molecule has 0 aliphatic heterocycles. The fourth-order valence-corrected chi connectivity index (χ4v) is 3.26.